The molecule has 2 aliphatic heterocycles. The minimum Gasteiger partial charge on any atom is -0.497 e. The van der Waals surface area contributed by atoms with Crippen LogP contribution in [0.15, 0.2) is 18.2 Å². The smallest absolute Gasteiger partial charge is 0.258 e. The molecule has 2 heterocycles. The highest BCUT2D eigenvalue weighted by atomic mass is 16.5. The zero-order valence-electron chi connectivity index (χ0n) is 15.7. The van der Waals surface area contributed by atoms with Crippen LogP contribution in [0.25, 0.3) is 0 Å². The number of benzene rings is 1. The molecule has 1 aromatic carbocycles. The average molecular weight is 361 g/mol. The fourth-order valence-electron chi connectivity index (χ4n) is 3.63. The lowest BCUT2D eigenvalue weighted by molar-refractivity contribution is -0.136. The minimum atomic E-state index is -0.377. The molecule has 2 aliphatic rings. The van der Waals surface area contributed by atoms with E-state index >= 15 is 0 Å². The quantitative estimate of drug-likeness (QED) is 0.803. The molecule has 1 atom stereocenters. The summed E-state index contributed by atoms with van der Waals surface area (Å²) in [7, 11) is 5.16. The third-order valence-corrected chi connectivity index (χ3v) is 5.25. The first-order valence-corrected chi connectivity index (χ1v) is 9.05. The van der Waals surface area contributed by atoms with Gasteiger partial charge in [0.25, 0.3) is 5.91 Å². The number of piperazine rings is 1. The molecule has 3 rings (SSSR count). The van der Waals surface area contributed by atoms with Crippen molar-refractivity contribution in [2.75, 3.05) is 54.0 Å². The van der Waals surface area contributed by atoms with Gasteiger partial charge in [-0.3, -0.25) is 9.59 Å². The van der Waals surface area contributed by atoms with Gasteiger partial charge in [-0.2, -0.15) is 0 Å². The maximum Gasteiger partial charge on any atom is 0.258 e. The van der Waals surface area contributed by atoms with Crippen molar-refractivity contribution in [2.45, 2.75) is 18.9 Å². The molecule has 1 unspecified atom stereocenters. The van der Waals surface area contributed by atoms with Crippen LogP contribution in [0.2, 0.25) is 0 Å². The third-order valence-electron chi connectivity index (χ3n) is 5.25. The van der Waals surface area contributed by atoms with Gasteiger partial charge in [-0.15, -0.1) is 0 Å². The molecule has 0 saturated carbocycles. The molecule has 0 spiro atoms. The average Bonchev–Trinajstić information content (AvgIpc) is 3.16. The van der Waals surface area contributed by atoms with E-state index in [1.807, 2.05) is 4.90 Å². The van der Waals surface area contributed by atoms with E-state index in [1.165, 1.54) is 7.11 Å². The van der Waals surface area contributed by atoms with Crippen LogP contribution in [0.1, 0.15) is 23.2 Å². The van der Waals surface area contributed by atoms with Crippen molar-refractivity contribution in [3.63, 3.8) is 0 Å². The second-order valence-corrected chi connectivity index (χ2v) is 6.85. The van der Waals surface area contributed by atoms with Crippen molar-refractivity contribution in [3.05, 3.63) is 23.8 Å². The molecule has 0 aromatic heterocycles. The lowest BCUT2D eigenvalue weighted by Crippen LogP contribution is -2.53. The number of hydrogen-bond donors (Lipinski definition) is 0. The van der Waals surface area contributed by atoms with E-state index in [-0.39, 0.29) is 17.9 Å². The van der Waals surface area contributed by atoms with Crippen LogP contribution in [-0.4, -0.2) is 86.5 Å². The maximum absolute atomic E-state index is 13.1. The second-order valence-electron chi connectivity index (χ2n) is 6.85. The first kappa shape index (κ1) is 18.5. The van der Waals surface area contributed by atoms with Gasteiger partial charge < -0.3 is 24.2 Å². The van der Waals surface area contributed by atoms with E-state index in [9.17, 15) is 9.59 Å². The van der Waals surface area contributed by atoms with Gasteiger partial charge in [-0.25, -0.2) is 0 Å². The van der Waals surface area contributed by atoms with Crippen LogP contribution < -0.4 is 9.47 Å². The van der Waals surface area contributed by atoms with E-state index in [0.717, 1.165) is 39.0 Å². The monoisotopic (exact) mass is 361 g/mol. The van der Waals surface area contributed by atoms with Crippen molar-refractivity contribution in [3.8, 4) is 11.5 Å². The Balaban J connectivity index is 1.77. The van der Waals surface area contributed by atoms with Crippen LogP contribution >= 0.6 is 0 Å². The summed E-state index contributed by atoms with van der Waals surface area (Å²) in [4.78, 5) is 31.9. The zero-order valence-corrected chi connectivity index (χ0v) is 15.7. The van der Waals surface area contributed by atoms with Crippen LogP contribution in [-0.2, 0) is 4.79 Å². The molecule has 7 heteroatoms. The van der Waals surface area contributed by atoms with E-state index in [4.69, 9.17) is 9.47 Å². The Hall–Kier alpha value is -2.28. The fraction of sp³-hybridized carbons (Fsp3) is 0.579. The van der Waals surface area contributed by atoms with Crippen molar-refractivity contribution in [1.82, 2.24) is 14.7 Å². The molecule has 2 saturated heterocycles. The first-order valence-electron chi connectivity index (χ1n) is 9.05. The molecular formula is C19H27N3O4. The SMILES string of the molecule is COc1ccc(C(=O)N2CCCC2C(=O)N2CCN(C)CC2)c(OC)c1. The van der Waals surface area contributed by atoms with Crippen LogP contribution in [0.3, 0.4) is 0 Å². The largest absolute Gasteiger partial charge is 0.497 e. The van der Waals surface area contributed by atoms with Crippen molar-refractivity contribution < 1.29 is 19.1 Å². The lowest BCUT2D eigenvalue weighted by Gasteiger charge is -2.36. The Bertz CT molecular complexity index is 671. The Morgan fingerprint density at radius 3 is 2.42 bits per heavy atom. The Kier molecular flexibility index (Phi) is 5.66. The molecule has 142 valence electrons. The third kappa shape index (κ3) is 3.62. The maximum atomic E-state index is 13.1. The summed E-state index contributed by atoms with van der Waals surface area (Å²) in [6, 6.07) is 4.76. The number of methoxy groups -OCH3 is 2. The molecule has 2 fully saturated rings. The Morgan fingerprint density at radius 1 is 1.04 bits per heavy atom. The highest BCUT2D eigenvalue weighted by molar-refractivity contribution is 6.00. The van der Waals surface area contributed by atoms with Gasteiger partial charge in [0.1, 0.15) is 17.5 Å². The predicted molar refractivity (Wildman–Crippen MR) is 97.7 cm³/mol. The number of ether oxygens (including phenoxy) is 2. The molecule has 0 radical (unpaired) electrons. The van der Waals surface area contributed by atoms with E-state index in [1.54, 1.807) is 30.2 Å². The van der Waals surface area contributed by atoms with Gasteiger partial charge >= 0.3 is 0 Å². The van der Waals surface area contributed by atoms with Crippen LogP contribution in [0.5, 0.6) is 11.5 Å². The minimum absolute atomic E-state index is 0.0661. The second kappa shape index (κ2) is 7.95. The summed E-state index contributed by atoms with van der Waals surface area (Å²) in [5.41, 5.74) is 0.464. The van der Waals surface area contributed by atoms with Crippen LogP contribution in [0, 0.1) is 0 Å². The van der Waals surface area contributed by atoms with E-state index in [2.05, 4.69) is 11.9 Å². The van der Waals surface area contributed by atoms with Gasteiger partial charge in [0.15, 0.2) is 0 Å². The van der Waals surface area contributed by atoms with Crippen LogP contribution in [0.4, 0.5) is 0 Å². The molecule has 1 aromatic rings. The number of hydrogen-bond acceptors (Lipinski definition) is 5. The molecule has 0 aliphatic carbocycles. The van der Waals surface area contributed by atoms with Gasteiger partial charge in [0.05, 0.1) is 19.8 Å². The number of likely N-dealkylation sites (tertiary alicyclic amines) is 1. The zero-order chi connectivity index (χ0) is 18.7. The number of carbonyl (C=O) groups is 2. The van der Waals surface area contributed by atoms with E-state index < -0.39 is 0 Å². The summed E-state index contributed by atoms with van der Waals surface area (Å²) in [5, 5.41) is 0. The van der Waals surface area contributed by atoms with Gasteiger partial charge in [0.2, 0.25) is 5.91 Å². The highest BCUT2D eigenvalue weighted by Crippen LogP contribution is 2.29. The molecule has 2 amide bonds. The topological polar surface area (TPSA) is 62.3 Å². The van der Waals surface area contributed by atoms with Crippen molar-refractivity contribution in [2.24, 2.45) is 0 Å². The standard InChI is InChI=1S/C19H27N3O4/c1-20-9-11-21(12-10-20)19(24)16-5-4-8-22(16)18(23)15-7-6-14(25-2)13-17(15)26-3/h6-7,13,16H,4-5,8-12H2,1-3H3. The molecule has 0 bridgehead atoms. The first-order chi connectivity index (χ1) is 12.5. The van der Waals surface area contributed by atoms with Gasteiger partial charge in [0, 0.05) is 38.8 Å². The van der Waals surface area contributed by atoms with E-state index in [0.29, 0.717) is 23.6 Å². The lowest BCUT2D eigenvalue weighted by atomic mass is 10.1. The number of amides is 2. The summed E-state index contributed by atoms with van der Waals surface area (Å²) in [6.45, 7) is 3.79. The summed E-state index contributed by atoms with van der Waals surface area (Å²) < 4.78 is 10.6. The van der Waals surface area contributed by atoms with Crippen molar-refractivity contribution in [1.29, 1.82) is 0 Å². The Labute approximate surface area is 154 Å². The summed E-state index contributed by atoms with van der Waals surface area (Å²) in [5.74, 6) is 1.00. The van der Waals surface area contributed by atoms with Crippen molar-refractivity contribution >= 4 is 11.8 Å². The molecule has 26 heavy (non-hydrogen) atoms. The van der Waals surface area contributed by atoms with Gasteiger partial charge in [-0.1, -0.05) is 0 Å². The predicted octanol–water partition coefficient (Wildman–Crippen LogP) is 1.08. The number of rotatable bonds is 4. The summed E-state index contributed by atoms with van der Waals surface area (Å²) >= 11 is 0. The summed E-state index contributed by atoms with van der Waals surface area (Å²) in [6.07, 6.45) is 1.56. The molecular weight excluding hydrogens is 334 g/mol. The highest BCUT2D eigenvalue weighted by Gasteiger charge is 2.38. The van der Waals surface area contributed by atoms with Gasteiger partial charge in [-0.05, 0) is 32.0 Å². The fourth-order valence-corrected chi connectivity index (χ4v) is 3.63. The number of likely N-dealkylation sites (N-methyl/N-ethyl adjacent to an activating group) is 1. The number of nitrogens with zero attached hydrogens (tertiary/aromatic N) is 3. The Morgan fingerprint density at radius 2 is 1.77 bits per heavy atom. The number of carbonyl (C=O) groups excluding carboxylic acids is 2. The normalized spacial score (nSPS) is 21.0. The molecule has 7 nitrogen and oxygen atoms in total. The molecule has 0 N–H and O–H groups in total.